The number of carbonyl (C=O) groups is 2. The Bertz CT molecular complexity index is 898. The van der Waals surface area contributed by atoms with Crippen LogP contribution in [0, 0.1) is 6.92 Å². The molecule has 0 spiro atoms. The highest BCUT2D eigenvalue weighted by molar-refractivity contribution is 6.01. The van der Waals surface area contributed by atoms with Gasteiger partial charge in [0.15, 0.2) is 0 Å². The van der Waals surface area contributed by atoms with Gasteiger partial charge in [0.25, 0.3) is 5.91 Å². The zero-order valence-electron chi connectivity index (χ0n) is 13.9. The lowest BCUT2D eigenvalue weighted by Gasteiger charge is -2.05. The molecule has 1 aromatic heterocycles. The summed E-state index contributed by atoms with van der Waals surface area (Å²) in [5.41, 5.74) is 3.22. The molecule has 0 aliphatic rings. The molecule has 0 fully saturated rings. The molecule has 3 rings (SSSR count). The molecule has 0 aliphatic heterocycles. The number of rotatable bonds is 4. The normalized spacial score (nSPS) is 10.3. The molecule has 1 heterocycles. The van der Waals surface area contributed by atoms with Gasteiger partial charge in [0.2, 0.25) is 11.7 Å². The van der Waals surface area contributed by atoms with Gasteiger partial charge in [0.1, 0.15) is 6.33 Å². The Labute approximate surface area is 144 Å². The zero-order valence-corrected chi connectivity index (χ0v) is 13.9. The van der Waals surface area contributed by atoms with Crippen LogP contribution in [-0.2, 0) is 4.79 Å². The van der Waals surface area contributed by atoms with E-state index < -0.39 is 5.91 Å². The van der Waals surface area contributed by atoms with Gasteiger partial charge < -0.3 is 10.6 Å². The second-order valence-electron chi connectivity index (χ2n) is 5.56. The summed E-state index contributed by atoms with van der Waals surface area (Å²) in [6, 6.07) is 14.5. The van der Waals surface area contributed by atoms with Gasteiger partial charge in [-0.3, -0.25) is 9.59 Å². The van der Waals surface area contributed by atoms with E-state index in [1.54, 1.807) is 28.9 Å². The van der Waals surface area contributed by atoms with E-state index in [9.17, 15) is 9.59 Å². The quantitative estimate of drug-likeness (QED) is 0.767. The highest BCUT2D eigenvalue weighted by atomic mass is 16.2. The van der Waals surface area contributed by atoms with Gasteiger partial charge in [-0.1, -0.05) is 17.7 Å². The van der Waals surface area contributed by atoms with E-state index >= 15 is 0 Å². The van der Waals surface area contributed by atoms with Crippen molar-refractivity contribution in [3.05, 3.63) is 66.2 Å². The molecule has 0 unspecified atom stereocenters. The van der Waals surface area contributed by atoms with Crippen molar-refractivity contribution in [2.24, 2.45) is 0 Å². The molecule has 0 saturated heterocycles. The van der Waals surface area contributed by atoms with Gasteiger partial charge in [-0.15, -0.1) is 5.10 Å². The molecule has 2 aromatic carbocycles. The Morgan fingerprint density at radius 2 is 1.52 bits per heavy atom. The molecule has 0 bridgehead atoms. The topological polar surface area (TPSA) is 88.9 Å². The number of anilines is 2. The maximum absolute atomic E-state index is 12.3. The second-order valence-corrected chi connectivity index (χ2v) is 5.56. The molecule has 2 N–H and O–H groups in total. The molecule has 0 saturated carbocycles. The predicted octanol–water partition coefficient (Wildman–Crippen LogP) is 2.79. The summed E-state index contributed by atoms with van der Waals surface area (Å²) in [6.45, 7) is 3.44. The van der Waals surface area contributed by atoms with Crippen molar-refractivity contribution in [2.45, 2.75) is 13.8 Å². The van der Waals surface area contributed by atoms with Crippen LogP contribution in [0.5, 0.6) is 0 Å². The summed E-state index contributed by atoms with van der Waals surface area (Å²) in [4.78, 5) is 27.3. The van der Waals surface area contributed by atoms with Gasteiger partial charge in [0.05, 0.1) is 5.69 Å². The van der Waals surface area contributed by atoms with Gasteiger partial charge in [-0.2, -0.15) is 0 Å². The van der Waals surface area contributed by atoms with Crippen LogP contribution in [0.3, 0.4) is 0 Å². The van der Waals surface area contributed by atoms with E-state index in [-0.39, 0.29) is 11.7 Å². The van der Waals surface area contributed by atoms with Crippen LogP contribution in [0.15, 0.2) is 54.9 Å². The molecular formula is C18H17N5O2. The largest absolute Gasteiger partial charge is 0.326 e. The predicted molar refractivity (Wildman–Crippen MR) is 94.8 cm³/mol. The third-order valence-electron chi connectivity index (χ3n) is 3.46. The Morgan fingerprint density at radius 3 is 2.12 bits per heavy atom. The van der Waals surface area contributed by atoms with Crippen molar-refractivity contribution in [3.8, 4) is 5.69 Å². The van der Waals surface area contributed by atoms with Crippen LogP contribution < -0.4 is 10.6 Å². The van der Waals surface area contributed by atoms with E-state index in [2.05, 4.69) is 20.7 Å². The summed E-state index contributed by atoms with van der Waals surface area (Å²) in [7, 11) is 0. The fourth-order valence-electron chi connectivity index (χ4n) is 2.22. The highest BCUT2D eigenvalue weighted by Gasteiger charge is 2.12. The highest BCUT2D eigenvalue weighted by Crippen LogP contribution is 2.14. The average Bonchev–Trinajstić information content (AvgIpc) is 3.07. The van der Waals surface area contributed by atoms with Crippen molar-refractivity contribution in [2.75, 3.05) is 10.6 Å². The number of nitrogens with zero attached hydrogens (tertiary/aromatic N) is 3. The Hall–Kier alpha value is -3.48. The number of benzene rings is 2. The Kier molecular flexibility index (Phi) is 4.56. The molecule has 126 valence electrons. The second kappa shape index (κ2) is 6.96. The van der Waals surface area contributed by atoms with Crippen LogP contribution in [0.2, 0.25) is 0 Å². The summed E-state index contributed by atoms with van der Waals surface area (Å²) >= 11 is 0. The lowest BCUT2D eigenvalue weighted by Crippen LogP contribution is -2.14. The Morgan fingerprint density at radius 1 is 0.920 bits per heavy atom. The maximum atomic E-state index is 12.3. The number of aryl methyl sites for hydroxylation is 1. The van der Waals surface area contributed by atoms with Crippen molar-refractivity contribution >= 4 is 23.2 Å². The number of carbonyl (C=O) groups excluding carboxylic acids is 2. The van der Waals surface area contributed by atoms with Crippen LogP contribution in [0.25, 0.3) is 5.69 Å². The monoisotopic (exact) mass is 335 g/mol. The number of aromatic nitrogens is 3. The fraction of sp³-hybridized carbons (Fsp3) is 0.111. The number of nitrogens with one attached hydrogen (secondary N) is 2. The van der Waals surface area contributed by atoms with E-state index in [0.29, 0.717) is 11.4 Å². The van der Waals surface area contributed by atoms with E-state index in [1.165, 1.54) is 13.3 Å². The molecule has 7 nitrogen and oxygen atoms in total. The van der Waals surface area contributed by atoms with Gasteiger partial charge in [0, 0.05) is 18.3 Å². The number of hydrogen-bond acceptors (Lipinski definition) is 4. The van der Waals surface area contributed by atoms with E-state index in [0.717, 1.165) is 11.3 Å². The van der Waals surface area contributed by atoms with Crippen molar-refractivity contribution < 1.29 is 9.59 Å². The number of amides is 2. The SMILES string of the molecule is CC(=O)Nc1ccc(NC(=O)c2ncn(-c3ccc(C)cc3)n2)cc1. The van der Waals surface area contributed by atoms with Crippen LogP contribution in [0.4, 0.5) is 11.4 Å². The summed E-state index contributed by atoms with van der Waals surface area (Å²) in [6.07, 6.45) is 1.50. The minimum Gasteiger partial charge on any atom is -0.326 e. The molecule has 0 atom stereocenters. The lowest BCUT2D eigenvalue weighted by molar-refractivity contribution is -0.114. The molecule has 7 heteroatoms. The van der Waals surface area contributed by atoms with Crippen LogP contribution in [-0.4, -0.2) is 26.6 Å². The molecular weight excluding hydrogens is 318 g/mol. The Balaban J connectivity index is 1.69. The average molecular weight is 335 g/mol. The van der Waals surface area contributed by atoms with Crippen LogP contribution >= 0.6 is 0 Å². The summed E-state index contributed by atoms with van der Waals surface area (Å²) in [5, 5.41) is 9.59. The fourth-order valence-corrected chi connectivity index (χ4v) is 2.22. The summed E-state index contributed by atoms with van der Waals surface area (Å²) < 4.78 is 1.55. The smallest absolute Gasteiger partial charge is 0.295 e. The standard InChI is InChI=1S/C18H17N5O2/c1-12-3-9-16(10-4-12)23-11-19-17(22-23)18(25)21-15-7-5-14(6-8-15)20-13(2)24/h3-11H,1-2H3,(H,20,24)(H,21,25). The van der Waals surface area contributed by atoms with Crippen molar-refractivity contribution in [3.63, 3.8) is 0 Å². The molecule has 0 aliphatic carbocycles. The minimum atomic E-state index is -0.405. The minimum absolute atomic E-state index is 0.0755. The first-order chi connectivity index (χ1) is 12.0. The molecule has 3 aromatic rings. The van der Waals surface area contributed by atoms with Gasteiger partial charge in [-0.25, -0.2) is 9.67 Å². The molecule has 2 amide bonds. The maximum Gasteiger partial charge on any atom is 0.295 e. The number of hydrogen-bond donors (Lipinski definition) is 2. The van der Waals surface area contributed by atoms with Crippen LogP contribution in [0.1, 0.15) is 23.1 Å². The zero-order chi connectivity index (χ0) is 17.8. The van der Waals surface area contributed by atoms with Gasteiger partial charge >= 0.3 is 0 Å². The first-order valence-corrected chi connectivity index (χ1v) is 7.69. The first kappa shape index (κ1) is 16.4. The van der Waals surface area contributed by atoms with E-state index in [4.69, 9.17) is 0 Å². The molecule has 0 radical (unpaired) electrons. The van der Waals surface area contributed by atoms with Crippen molar-refractivity contribution in [1.82, 2.24) is 14.8 Å². The van der Waals surface area contributed by atoms with Crippen molar-refractivity contribution in [1.29, 1.82) is 0 Å². The first-order valence-electron chi connectivity index (χ1n) is 7.69. The third-order valence-corrected chi connectivity index (χ3v) is 3.46. The van der Waals surface area contributed by atoms with E-state index in [1.807, 2.05) is 31.2 Å². The lowest BCUT2D eigenvalue weighted by atomic mass is 10.2. The summed E-state index contributed by atoms with van der Waals surface area (Å²) in [5.74, 6) is -0.479. The molecule has 25 heavy (non-hydrogen) atoms. The van der Waals surface area contributed by atoms with Gasteiger partial charge in [-0.05, 0) is 43.3 Å². The third kappa shape index (κ3) is 4.08.